The van der Waals surface area contributed by atoms with Gasteiger partial charge in [0.1, 0.15) is 17.2 Å². The van der Waals surface area contributed by atoms with Crippen LogP contribution in [-0.2, 0) is 9.53 Å². The molecule has 9 nitrogen and oxygen atoms in total. The summed E-state index contributed by atoms with van der Waals surface area (Å²) >= 11 is 0. The zero-order valence-corrected chi connectivity index (χ0v) is 18.1. The van der Waals surface area contributed by atoms with E-state index >= 15 is 0 Å². The quantitative estimate of drug-likeness (QED) is 0.524. The van der Waals surface area contributed by atoms with Gasteiger partial charge < -0.3 is 29.8 Å². The number of benzene rings is 2. The zero-order chi connectivity index (χ0) is 22.5. The highest BCUT2D eigenvalue weighted by atomic mass is 16.5. The topological polar surface area (TPSA) is 105 Å². The number of hydrogen-bond donors (Lipinski definition) is 3. The molecule has 2 heterocycles. The number of ether oxygens (including phenoxy) is 3. The lowest BCUT2D eigenvalue weighted by Gasteiger charge is -2.25. The average Bonchev–Trinajstić information content (AvgIpc) is 3.24. The van der Waals surface area contributed by atoms with E-state index in [-0.39, 0.29) is 11.8 Å². The molecule has 0 bridgehead atoms. The number of carbonyl (C=O) groups excluding carboxylic acids is 2. The van der Waals surface area contributed by atoms with Crippen molar-refractivity contribution < 1.29 is 23.8 Å². The lowest BCUT2D eigenvalue weighted by Crippen LogP contribution is -2.41. The minimum atomic E-state index is -0.286. The van der Waals surface area contributed by atoms with Crippen LogP contribution < -0.4 is 20.1 Å². The van der Waals surface area contributed by atoms with E-state index in [9.17, 15) is 9.59 Å². The average molecular weight is 438 g/mol. The predicted molar refractivity (Wildman–Crippen MR) is 122 cm³/mol. The fourth-order valence-electron chi connectivity index (χ4n) is 3.58. The Morgan fingerprint density at radius 1 is 1.00 bits per heavy atom. The Morgan fingerprint density at radius 3 is 2.34 bits per heavy atom. The minimum absolute atomic E-state index is 0.0777. The molecule has 1 fully saturated rings. The van der Waals surface area contributed by atoms with E-state index in [0.717, 1.165) is 24.0 Å². The molecule has 1 aromatic heterocycles. The van der Waals surface area contributed by atoms with Crippen LogP contribution >= 0.6 is 0 Å². The molecule has 1 saturated heterocycles. The van der Waals surface area contributed by atoms with Crippen molar-refractivity contribution in [2.24, 2.45) is 0 Å². The largest absolute Gasteiger partial charge is 0.497 e. The number of hydrogen-bond acceptors (Lipinski definition) is 6. The lowest BCUT2D eigenvalue weighted by molar-refractivity contribution is -0.118. The Bertz CT molecular complexity index is 1100. The number of aromatic nitrogens is 1. The van der Waals surface area contributed by atoms with Crippen LogP contribution in [0.1, 0.15) is 10.5 Å². The van der Waals surface area contributed by atoms with E-state index in [1.54, 1.807) is 50.6 Å². The molecule has 4 rings (SSSR count). The van der Waals surface area contributed by atoms with E-state index in [1.165, 1.54) is 0 Å². The maximum atomic E-state index is 12.7. The van der Waals surface area contributed by atoms with Crippen molar-refractivity contribution in [3.8, 4) is 11.5 Å². The summed E-state index contributed by atoms with van der Waals surface area (Å²) in [5.41, 5.74) is 2.40. The molecule has 0 aliphatic carbocycles. The van der Waals surface area contributed by atoms with E-state index in [1.807, 2.05) is 6.07 Å². The minimum Gasteiger partial charge on any atom is -0.497 e. The summed E-state index contributed by atoms with van der Waals surface area (Å²) < 4.78 is 16.0. The number of rotatable bonds is 7. The van der Waals surface area contributed by atoms with Crippen LogP contribution in [0.5, 0.6) is 11.5 Å². The van der Waals surface area contributed by atoms with Gasteiger partial charge in [-0.3, -0.25) is 14.5 Å². The summed E-state index contributed by atoms with van der Waals surface area (Å²) in [5.74, 6) is 0.875. The smallest absolute Gasteiger partial charge is 0.272 e. The fraction of sp³-hybridized carbons (Fsp3) is 0.304. The van der Waals surface area contributed by atoms with E-state index in [0.29, 0.717) is 48.3 Å². The summed E-state index contributed by atoms with van der Waals surface area (Å²) in [7, 11) is 3.14. The number of anilines is 2. The van der Waals surface area contributed by atoms with Crippen molar-refractivity contribution in [3.63, 3.8) is 0 Å². The Balaban J connectivity index is 1.38. The van der Waals surface area contributed by atoms with Crippen molar-refractivity contribution in [2.75, 3.05) is 57.7 Å². The first kappa shape index (κ1) is 21.7. The zero-order valence-electron chi connectivity index (χ0n) is 18.1. The van der Waals surface area contributed by atoms with Crippen LogP contribution in [0, 0.1) is 0 Å². The van der Waals surface area contributed by atoms with Crippen LogP contribution in [0.2, 0.25) is 0 Å². The molecule has 2 amide bonds. The number of carbonyl (C=O) groups is 2. The Morgan fingerprint density at radius 2 is 1.69 bits per heavy atom. The van der Waals surface area contributed by atoms with Gasteiger partial charge in [-0.15, -0.1) is 0 Å². The third-order valence-electron chi connectivity index (χ3n) is 5.26. The summed E-state index contributed by atoms with van der Waals surface area (Å²) in [6.45, 7) is 3.14. The molecule has 0 unspecified atom stereocenters. The van der Waals surface area contributed by atoms with Crippen molar-refractivity contribution in [1.82, 2.24) is 9.88 Å². The summed E-state index contributed by atoms with van der Waals surface area (Å²) in [6, 6.07) is 12.3. The fourth-order valence-corrected chi connectivity index (χ4v) is 3.58. The first-order valence-corrected chi connectivity index (χ1v) is 10.3. The maximum Gasteiger partial charge on any atom is 0.272 e. The first-order chi connectivity index (χ1) is 15.6. The molecule has 32 heavy (non-hydrogen) atoms. The van der Waals surface area contributed by atoms with Gasteiger partial charge in [-0.2, -0.15) is 0 Å². The third kappa shape index (κ3) is 5.01. The van der Waals surface area contributed by atoms with Crippen LogP contribution in [0.15, 0.2) is 42.5 Å². The van der Waals surface area contributed by atoms with E-state index < -0.39 is 0 Å². The van der Waals surface area contributed by atoms with Gasteiger partial charge in [-0.1, -0.05) is 0 Å². The molecule has 2 aromatic carbocycles. The number of methoxy groups -OCH3 is 2. The molecule has 0 radical (unpaired) electrons. The van der Waals surface area contributed by atoms with Gasteiger partial charge in [0.25, 0.3) is 5.91 Å². The molecule has 3 aromatic rings. The molecule has 0 spiro atoms. The third-order valence-corrected chi connectivity index (χ3v) is 5.26. The van der Waals surface area contributed by atoms with Gasteiger partial charge in [0.15, 0.2) is 0 Å². The van der Waals surface area contributed by atoms with E-state index in [4.69, 9.17) is 14.2 Å². The standard InChI is InChI=1S/C23H26N4O5/c1-30-18-11-15-12-19(26-22(15)20(13-18)31-2)23(29)25-17-5-3-16(4-6-17)24-21(28)14-27-7-9-32-10-8-27/h3-6,11-13,26H,7-10,14H2,1-2H3,(H,24,28)(H,25,29). The van der Waals surface area contributed by atoms with Gasteiger partial charge in [-0.05, 0) is 36.4 Å². The SMILES string of the molecule is COc1cc(OC)c2[nH]c(C(=O)Nc3ccc(NC(=O)CN4CCOCC4)cc3)cc2c1. The number of fused-ring (bicyclic) bond motifs is 1. The van der Waals surface area contributed by atoms with Gasteiger partial charge in [0.2, 0.25) is 5.91 Å². The van der Waals surface area contributed by atoms with Crippen molar-refractivity contribution in [1.29, 1.82) is 0 Å². The van der Waals surface area contributed by atoms with Crippen LogP contribution in [0.4, 0.5) is 11.4 Å². The second-order valence-corrected chi connectivity index (χ2v) is 7.45. The van der Waals surface area contributed by atoms with Crippen molar-refractivity contribution in [3.05, 3.63) is 48.2 Å². The Hall–Kier alpha value is -3.56. The highest BCUT2D eigenvalue weighted by Gasteiger charge is 2.15. The lowest BCUT2D eigenvalue weighted by atomic mass is 10.2. The van der Waals surface area contributed by atoms with E-state index in [2.05, 4.69) is 20.5 Å². The van der Waals surface area contributed by atoms with Crippen molar-refractivity contribution >= 4 is 34.1 Å². The number of nitrogens with one attached hydrogen (secondary N) is 3. The normalized spacial score (nSPS) is 14.2. The highest BCUT2D eigenvalue weighted by Crippen LogP contribution is 2.31. The van der Waals surface area contributed by atoms with Crippen LogP contribution in [0.3, 0.4) is 0 Å². The second-order valence-electron chi connectivity index (χ2n) is 7.45. The molecule has 168 valence electrons. The van der Waals surface area contributed by atoms with Gasteiger partial charge in [-0.25, -0.2) is 0 Å². The van der Waals surface area contributed by atoms with Crippen LogP contribution in [-0.4, -0.2) is 68.8 Å². The molecule has 0 atom stereocenters. The summed E-state index contributed by atoms with van der Waals surface area (Å²) in [5, 5.41) is 6.54. The molecule has 0 saturated carbocycles. The van der Waals surface area contributed by atoms with Crippen molar-refractivity contribution in [2.45, 2.75) is 0 Å². The molecule has 9 heteroatoms. The van der Waals surface area contributed by atoms with Gasteiger partial charge in [0, 0.05) is 35.9 Å². The van der Waals surface area contributed by atoms with Gasteiger partial charge >= 0.3 is 0 Å². The number of aromatic amines is 1. The van der Waals surface area contributed by atoms with Gasteiger partial charge in [0.05, 0.1) is 39.5 Å². The number of H-pyrrole nitrogens is 1. The molecule has 1 aliphatic rings. The second kappa shape index (κ2) is 9.71. The number of nitrogens with zero attached hydrogens (tertiary/aromatic N) is 1. The maximum absolute atomic E-state index is 12.7. The summed E-state index contributed by atoms with van der Waals surface area (Å²) in [4.78, 5) is 30.1. The Labute approximate surface area is 185 Å². The number of morpholine rings is 1. The molecular weight excluding hydrogens is 412 g/mol. The molecular formula is C23H26N4O5. The Kier molecular flexibility index (Phi) is 6.58. The van der Waals surface area contributed by atoms with Crippen LogP contribution in [0.25, 0.3) is 10.9 Å². The first-order valence-electron chi connectivity index (χ1n) is 10.3. The molecule has 1 aliphatic heterocycles. The monoisotopic (exact) mass is 438 g/mol. The summed E-state index contributed by atoms with van der Waals surface area (Å²) in [6.07, 6.45) is 0. The predicted octanol–water partition coefficient (Wildman–Crippen LogP) is 2.71. The highest BCUT2D eigenvalue weighted by molar-refractivity contribution is 6.06. The number of amides is 2. The molecule has 3 N–H and O–H groups in total.